The van der Waals surface area contributed by atoms with Gasteiger partial charge in [-0.05, 0) is 32.1 Å². The van der Waals surface area contributed by atoms with Gasteiger partial charge in [-0.25, -0.2) is 4.57 Å². The van der Waals surface area contributed by atoms with Crippen LogP contribution in [0, 0.1) is 0 Å². The highest BCUT2D eigenvalue weighted by molar-refractivity contribution is 7.47. The Morgan fingerprint density at radius 1 is 0.674 bits per heavy atom. The summed E-state index contributed by atoms with van der Waals surface area (Å²) in [6, 6.07) is 0. The van der Waals surface area contributed by atoms with Gasteiger partial charge >= 0.3 is 13.8 Å². The normalized spacial score (nSPS) is 13.9. The van der Waals surface area contributed by atoms with Gasteiger partial charge in [0.2, 0.25) is 0 Å². The molecule has 0 amide bonds. The zero-order chi connectivity index (χ0) is 31.7. The number of nitrogens with two attached hydrogens (primary N) is 1. The molecule has 3 N–H and O–H groups in total. The summed E-state index contributed by atoms with van der Waals surface area (Å²) in [7, 11) is -4.26. The molecular formula is C34H68NO7P. The third kappa shape index (κ3) is 32.4. The number of hydrogen-bond donors (Lipinski definition) is 2. The second-order valence-corrected chi connectivity index (χ2v) is 13.2. The molecule has 2 atom stereocenters. The first-order valence-electron chi connectivity index (χ1n) is 17.7. The predicted octanol–water partition coefficient (Wildman–Crippen LogP) is 9.58. The SMILES string of the molecule is CCC/C=C\CCCCCCCCOCC(COP(=O)(O)OCCN)OC(=O)CCCCCCCCCCCCCCC. The summed E-state index contributed by atoms with van der Waals surface area (Å²) < 4.78 is 33.2. The number of carbonyl (C=O) groups is 1. The van der Waals surface area contributed by atoms with Crippen LogP contribution in [0.3, 0.4) is 0 Å². The molecule has 0 rings (SSSR count). The maximum atomic E-state index is 12.5. The summed E-state index contributed by atoms with van der Waals surface area (Å²) in [4.78, 5) is 22.3. The van der Waals surface area contributed by atoms with Gasteiger partial charge in [0.25, 0.3) is 0 Å². The topological polar surface area (TPSA) is 117 Å². The van der Waals surface area contributed by atoms with Crippen molar-refractivity contribution in [3.8, 4) is 0 Å². The molecule has 0 saturated heterocycles. The molecule has 0 bridgehead atoms. The van der Waals surface area contributed by atoms with Crippen molar-refractivity contribution in [2.45, 2.75) is 168 Å². The lowest BCUT2D eigenvalue weighted by atomic mass is 10.0. The number of rotatable bonds is 34. The number of esters is 1. The number of phosphoric acid groups is 1. The summed E-state index contributed by atoms with van der Waals surface area (Å²) in [5, 5.41) is 0. The number of hydrogen-bond acceptors (Lipinski definition) is 7. The van der Waals surface area contributed by atoms with Crippen molar-refractivity contribution < 1.29 is 32.8 Å². The first-order valence-corrected chi connectivity index (χ1v) is 19.2. The monoisotopic (exact) mass is 633 g/mol. The fourth-order valence-corrected chi connectivity index (χ4v) is 5.59. The minimum Gasteiger partial charge on any atom is -0.457 e. The Balaban J connectivity index is 4.11. The van der Waals surface area contributed by atoms with E-state index in [2.05, 4.69) is 26.0 Å². The van der Waals surface area contributed by atoms with Gasteiger partial charge in [-0.2, -0.15) is 0 Å². The summed E-state index contributed by atoms with van der Waals surface area (Å²) in [5.41, 5.74) is 5.34. The maximum Gasteiger partial charge on any atom is 0.472 e. The molecule has 0 aromatic heterocycles. The van der Waals surface area contributed by atoms with Gasteiger partial charge in [-0.15, -0.1) is 0 Å². The highest BCUT2D eigenvalue weighted by Crippen LogP contribution is 2.43. The minimum atomic E-state index is -4.26. The third-order valence-electron chi connectivity index (χ3n) is 7.41. The number of phosphoric ester groups is 1. The van der Waals surface area contributed by atoms with E-state index in [0.717, 1.165) is 32.1 Å². The molecule has 0 aliphatic heterocycles. The number of unbranched alkanes of at least 4 members (excludes halogenated alkanes) is 19. The summed E-state index contributed by atoms with van der Waals surface area (Å²) in [6.45, 7) is 4.86. The first-order chi connectivity index (χ1) is 20.9. The zero-order valence-corrected chi connectivity index (χ0v) is 28.8. The maximum absolute atomic E-state index is 12.5. The van der Waals surface area contributed by atoms with Crippen LogP contribution in [0.4, 0.5) is 0 Å². The zero-order valence-electron chi connectivity index (χ0n) is 28.0. The molecule has 0 fully saturated rings. The Morgan fingerprint density at radius 2 is 1.21 bits per heavy atom. The standard InChI is InChI=1S/C34H68NO7P/c1-3-5-7-9-11-13-15-16-17-19-21-23-25-27-34(36)42-33(32-41-43(37,38)40-30-28-35)31-39-29-26-24-22-20-18-14-12-10-8-6-4-2/h8,10,33H,3-7,9,11-32,35H2,1-2H3,(H,37,38)/b10-8-. The molecule has 0 aromatic carbocycles. The lowest BCUT2D eigenvalue weighted by Gasteiger charge is -2.20. The number of ether oxygens (including phenoxy) is 2. The highest BCUT2D eigenvalue weighted by Gasteiger charge is 2.25. The second kappa shape index (κ2) is 32.6. The second-order valence-electron chi connectivity index (χ2n) is 11.7. The number of carbonyl (C=O) groups excluding carboxylic acids is 1. The molecular weight excluding hydrogens is 565 g/mol. The molecule has 0 aromatic rings. The van der Waals surface area contributed by atoms with E-state index in [1.807, 2.05) is 0 Å². The van der Waals surface area contributed by atoms with Crippen LogP contribution in [-0.4, -0.2) is 49.9 Å². The Bertz CT molecular complexity index is 677. The van der Waals surface area contributed by atoms with Gasteiger partial charge in [0.15, 0.2) is 0 Å². The van der Waals surface area contributed by atoms with Gasteiger partial charge in [-0.1, -0.05) is 135 Å². The van der Waals surface area contributed by atoms with Gasteiger partial charge in [0, 0.05) is 19.6 Å². The highest BCUT2D eigenvalue weighted by atomic mass is 31.2. The van der Waals surface area contributed by atoms with Gasteiger partial charge in [-0.3, -0.25) is 13.8 Å². The molecule has 0 heterocycles. The molecule has 0 saturated carbocycles. The van der Waals surface area contributed by atoms with E-state index in [0.29, 0.717) is 13.0 Å². The average Bonchev–Trinajstić information content (AvgIpc) is 2.99. The minimum absolute atomic E-state index is 0.0939. The Hall–Kier alpha value is -0.760. The largest absolute Gasteiger partial charge is 0.472 e. The quantitative estimate of drug-likeness (QED) is 0.0311. The molecule has 0 spiro atoms. The smallest absolute Gasteiger partial charge is 0.457 e. The predicted molar refractivity (Wildman–Crippen MR) is 178 cm³/mol. The third-order valence-corrected chi connectivity index (χ3v) is 8.40. The van der Waals surface area contributed by atoms with E-state index in [9.17, 15) is 14.3 Å². The Kier molecular flexibility index (Phi) is 32.1. The summed E-state index contributed by atoms with van der Waals surface area (Å²) in [5.74, 6) is -0.333. The molecule has 8 nitrogen and oxygen atoms in total. The molecule has 43 heavy (non-hydrogen) atoms. The molecule has 0 radical (unpaired) electrons. The average molecular weight is 634 g/mol. The fourth-order valence-electron chi connectivity index (χ4n) is 4.82. The van der Waals surface area contributed by atoms with E-state index in [-0.39, 0.29) is 32.3 Å². The van der Waals surface area contributed by atoms with Gasteiger partial charge < -0.3 is 20.1 Å². The summed E-state index contributed by atoms with van der Waals surface area (Å²) in [6.07, 6.45) is 30.7. The van der Waals surface area contributed by atoms with Crippen molar-refractivity contribution in [1.82, 2.24) is 0 Å². The fraction of sp³-hybridized carbons (Fsp3) is 0.912. The van der Waals surface area contributed by atoms with Crippen molar-refractivity contribution >= 4 is 13.8 Å². The lowest BCUT2D eigenvalue weighted by Crippen LogP contribution is -2.28. The van der Waals surface area contributed by atoms with Gasteiger partial charge in [0.05, 0.1) is 19.8 Å². The van der Waals surface area contributed by atoms with Crippen LogP contribution in [0.2, 0.25) is 0 Å². The Morgan fingerprint density at radius 3 is 1.79 bits per heavy atom. The van der Waals surface area contributed by atoms with Crippen LogP contribution in [0.25, 0.3) is 0 Å². The molecule has 0 aliphatic carbocycles. The van der Waals surface area contributed by atoms with Crippen molar-refractivity contribution in [1.29, 1.82) is 0 Å². The first kappa shape index (κ1) is 42.2. The van der Waals surface area contributed by atoms with E-state index >= 15 is 0 Å². The van der Waals surface area contributed by atoms with E-state index in [1.54, 1.807) is 0 Å². The van der Waals surface area contributed by atoms with Crippen molar-refractivity contribution in [3.05, 3.63) is 12.2 Å². The van der Waals surface area contributed by atoms with Gasteiger partial charge in [0.1, 0.15) is 6.10 Å². The molecule has 2 unspecified atom stereocenters. The Labute approximate surface area is 264 Å². The van der Waals surface area contributed by atoms with Crippen LogP contribution in [0.5, 0.6) is 0 Å². The van der Waals surface area contributed by atoms with Crippen LogP contribution < -0.4 is 5.73 Å². The van der Waals surface area contributed by atoms with Crippen molar-refractivity contribution in [2.75, 3.05) is 33.0 Å². The van der Waals surface area contributed by atoms with E-state index in [4.69, 9.17) is 24.3 Å². The molecule has 0 aliphatic rings. The van der Waals surface area contributed by atoms with E-state index < -0.39 is 13.9 Å². The molecule has 9 heteroatoms. The van der Waals surface area contributed by atoms with Crippen molar-refractivity contribution in [3.63, 3.8) is 0 Å². The summed E-state index contributed by atoms with van der Waals surface area (Å²) >= 11 is 0. The lowest BCUT2D eigenvalue weighted by molar-refractivity contribution is -0.154. The van der Waals surface area contributed by atoms with Crippen molar-refractivity contribution in [2.24, 2.45) is 5.73 Å². The molecule has 256 valence electrons. The van der Waals surface area contributed by atoms with E-state index in [1.165, 1.54) is 109 Å². The van der Waals surface area contributed by atoms with Crippen LogP contribution in [-0.2, 0) is 27.9 Å². The number of allylic oxidation sites excluding steroid dienone is 2. The van der Waals surface area contributed by atoms with Crippen LogP contribution in [0.1, 0.15) is 162 Å². The van der Waals surface area contributed by atoms with Crippen LogP contribution in [0.15, 0.2) is 12.2 Å². The van der Waals surface area contributed by atoms with Crippen LogP contribution >= 0.6 is 7.82 Å².